The van der Waals surface area contributed by atoms with Crippen LogP contribution in [0, 0.1) is 11.3 Å². The average molecular weight is 401 g/mol. The molecule has 1 aliphatic heterocycles. The molecule has 4 rings (SSSR count). The average Bonchev–Trinajstić information content (AvgIpc) is 3.11. The molecule has 30 heavy (non-hydrogen) atoms. The Kier molecular flexibility index (Phi) is 4.72. The Morgan fingerprint density at radius 2 is 1.97 bits per heavy atom. The quantitative estimate of drug-likeness (QED) is 0.538. The summed E-state index contributed by atoms with van der Waals surface area (Å²) in [6.45, 7) is 3.93. The fraction of sp³-hybridized carbons (Fsp3) is 0.182. The molecule has 0 saturated carbocycles. The second-order valence-corrected chi connectivity index (χ2v) is 7.29. The molecule has 1 aliphatic rings. The first-order valence-electron chi connectivity index (χ1n) is 9.44. The summed E-state index contributed by atoms with van der Waals surface area (Å²) in [6.07, 6.45) is 0. The summed E-state index contributed by atoms with van der Waals surface area (Å²) >= 11 is 0. The number of rotatable bonds is 3. The van der Waals surface area contributed by atoms with E-state index in [1.54, 1.807) is 30.3 Å². The van der Waals surface area contributed by atoms with Crippen molar-refractivity contribution in [2.45, 2.75) is 19.8 Å². The Hall–Kier alpha value is -4.12. The minimum absolute atomic E-state index is 0.129. The lowest BCUT2D eigenvalue weighted by atomic mass is 9.93. The van der Waals surface area contributed by atoms with Gasteiger partial charge in [0.25, 0.3) is 11.8 Å². The minimum atomic E-state index is -0.337. The Labute approximate surface area is 172 Å². The maximum absolute atomic E-state index is 12.8. The number of hydrogen-bond donors (Lipinski definition) is 4. The third kappa shape index (κ3) is 3.37. The van der Waals surface area contributed by atoms with Crippen LogP contribution in [0.2, 0.25) is 0 Å². The van der Waals surface area contributed by atoms with Gasteiger partial charge in [-0.2, -0.15) is 5.26 Å². The smallest absolute Gasteiger partial charge is 0.268 e. The molecule has 0 radical (unpaired) electrons. The van der Waals surface area contributed by atoms with E-state index in [2.05, 4.69) is 20.9 Å². The largest absolute Gasteiger partial charge is 0.350 e. The summed E-state index contributed by atoms with van der Waals surface area (Å²) in [5.41, 5.74) is 3.75. The van der Waals surface area contributed by atoms with E-state index in [0.29, 0.717) is 29.2 Å². The van der Waals surface area contributed by atoms with Gasteiger partial charge in [0, 0.05) is 41.5 Å². The molecule has 1 aromatic heterocycles. The Morgan fingerprint density at radius 1 is 1.17 bits per heavy atom. The molecule has 3 aromatic rings. The lowest BCUT2D eigenvalue weighted by Crippen LogP contribution is -2.33. The number of anilines is 2. The predicted octanol–water partition coefficient (Wildman–Crippen LogP) is 3.10. The van der Waals surface area contributed by atoms with Crippen molar-refractivity contribution in [2.24, 2.45) is 0 Å². The van der Waals surface area contributed by atoms with Crippen LogP contribution in [0.4, 0.5) is 11.4 Å². The number of H-pyrrole nitrogens is 1. The number of fused-ring (bicyclic) bond motifs is 3. The van der Waals surface area contributed by atoms with E-state index in [1.165, 1.54) is 13.0 Å². The first kappa shape index (κ1) is 19.2. The number of nitriles is 1. The van der Waals surface area contributed by atoms with E-state index in [4.69, 9.17) is 0 Å². The van der Waals surface area contributed by atoms with Crippen molar-refractivity contribution < 1.29 is 14.4 Å². The third-order valence-corrected chi connectivity index (χ3v) is 5.10. The molecule has 2 aromatic carbocycles. The molecule has 8 nitrogen and oxygen atoms in total. The maximum Gasteiger partial charge on any atom is 0.268 e. The molecule has 4 N–H and O–H groups in total. The normalized spacial score (nSPS) is 15.1. The van der Waals surface area contributed by atoms with Crippen LogP contribution < -0.4 is 16.0 Å². The number of aromatic nitrogens is 1. The summed E-state index contributed by atoms with van der Waals surface area (Å²) in [7, 11) is 0. The van der Waals surface area contributed by atoms with Crippen LogP contribution in [0.3, 0.4) is 0 Å². The maximum atomic E-state index is 12.8. The van der Waals surface area contributed by atoms with Crippen molar-refractivity contribution in [3.63, 3.8) is 0 Å². The second-order valence-electron chi connectivity index (χ2n) is 7.29. The summed E-state index contributed by atoms with van der Waals surface area (Å²) in [4.78, 5) is 39.3. The van der Waals surface area contributed by atoms with Gasteiger partial charge in [0.05, 0.1) is 11.3 Å². The van der Waals surface area contributed by atoms with Gasteiger partial charge in [0.15, 0.2) is 0 Å². The molecule has 150 valence electrons. The molecule has 0 saturated heterocycles. The SMILES string of the molecule is CC(=O)Nc1ccc(NC(=O)c2ccc3[nH]c4c(c3c2)C(C)CNC4=O)cc1C#N. The van der Waals surface area contributed by atoms with Gasteiger partial charge in [0.2, 0.25) is 5.91 Å². The zero-order valence-electron chi connectivity index (χ0n) is 16.4. The van der Waals surface area contributed by atoms with Gasteiger partial charge in [-0.25, -0.2) is 0 Å². The van der Waals surface area contributed by atoms with Gasteiger partial charge in [-0.05, 0) is 42.0 Å². The van der Waals surface area contributed by atoms with E-state index in [0.717, 1.165) is 16.5 Å². The van der Waals surface area contributed by atoms with Gasteiger partial charge in [0.1, 0.15) is 11.8 Å². The van der Waals surface area contributed by atoms with Crippen LogP contribution in [0.15, 0.2) is 36.4 Å². The first-order chi connectivity index (χ1) is 14.4. The van der Waals surface area contributed by atoms with Crippen molar-refractivity contribution in [3.8, 4) is 6.07 Å². The van der Waals surface area contributed by atoms with E-state index in [1.807, 2.05) is 13.0 Å². The van der Waals surface area contributed by atoms with Crippen LogP contribution >= 0.6 is 0 Å². The van der Waals surface area contributed by atoms with E-state index < -0.39 is 0 Å². The monoisotopic (exact) mass is 401 g/mol. The molecule has 8 heteroatoms. The van der Waals surface area contributed by atoms with Gasteiger partial charge >= 0.3 is 0 Å². The number of benzene rings is 2. The van der Waals surface area contributed by atoms with Crippen LogP contribution in [0.5, 0.6) is 0 Å². The standard InChI is InChI=1S/C22H19N5O3/c1-11-10-24-22(30)20-19(11)16-8-13(3-5-18(16)27-20)21(29)26-15-4-6-17(25-12(2)28)14(7-15)9-23/h3-8,11,27H,10H2,1-2H3,(H,24,30)(H,25,28)(H,26,29). The molecular weight excluding hydrogens is 382 g/mol. The van der Waals surface area contributed by atoms with Gasteiger partial charge < -0.3 is 20.9 Å². The number of nitrogens with one attached hydrogen (secondary N) is 4. The fourth-order valence-corrected chi connectivity index (χ4v) is 3.70. The molecule has 1 atom stereocenters. The molecule has 0 fully saturated rings. The highest BCUT2D eigenvalue weighted by Gasteiger charge is 2.27. The minimum Gasteiger partial charge on any atom is -0.350 e. The van der Waals surface area contributed by atoms with Crippen LogP contribution in [0.1, 0.15) is 51.7 Å². The number of aromatic amines is 1. The topological polar surface area (TPSA) is 127 Å². The third-order valence-electron chi connectivity index (χ3n) is 5.10. The lowest BCUT2D eigenvalue weighted by molar-refractivity contribution is -0.114. The first-order valence-corrected chi connectivity index (χ1v) is 9.44. The number of carbonyl (C=O) groups is 3. The Bertz CT molecular complexity index is 1250. The number of carbonyl (C=O) groups excluding carboxylic acids is 3. The molecule has 1 unspecified atom stereocenters. The van der Waals surface area contributed by atoms with Crippen LogP contribution in [-0.4, -0.2) is 29.3 Å². The molecule has 3 amide bonds. The number of amides is 3. The summed E-state index contributed by atoms with van der Waals surface area (Å²) < 4.78 is 0. The molecule has 0 bridgehead atoms. The Morgan fingerprint density at radius 3 is 2.70 bits per heavy atom. The predicted molar refractivity (Wildman–Crippen MR) is 112 cm³/mol. The van der Waals surface area contributed by atoms with E-state index >= 15 is 0 Å². The van der Waals surface area contributed by atoms with Crippen molar-refractivity contribution in [1.82, 2.24) is 10.3 Å². The number of hydrogen-bond acceptors (Lipinski definition) is 4. The van der Waals surface area contributed by atoms with Crippen molar-refractivity contribution in [3.05, 3.63) is 58.8 Å². The van der Waals surface area contributed by atoms with E-state index in [-0.39, 0.29) is 29.2 Å². The van der Waals surface area contributed by atoms with Gasteiger partial charge in [-0.3, -0.25) is 14.4 Å². The summed E-state index contributed by atoms with van der Waals surface area (Å²) in [5, 5.41) is 18.4. The van der Waals surface area contributed by atoms with Gasteiger partial charge in [-0.1, -0.05) is 6.92 Å². The fourth-order valence-electron chi connectivity index (χ4n) is 3.70. The second kappa shape index (κ2) is 7.37. The summed E-state index contributed by atoms with van der Waals surface area (Å²) in [5.74, 6) is -0.636. The molecular formula is C22H19N5O3. The van der Waals surface area contributed by atoms with Crippen LogP contribution in [-0.2, 0) is 4.79 Å². The molecule has 0 spiro atoms. The number of nitrogens with zero attached hydrogens (tertiary/aromatic N) is 1. The van der Waals surface area contributed by atoms with Crippen molar-refractivity contribution in [2.75, 3.05) is 17.2 Å². The van der Waals surface area contributed by atoms with Crippen LogP contribution in [0.25, 0.3) is 10.9 Å². The lowest BCUT2D eigenvalue weighted by Gasteiger charge is -2.19. The highest BCUT2D eigenvalue weighted by atomic mass is 16.2. The zero-order valence-corrected chi connectivity index (χ0v) is 16.4. The van der Waals surface area contributed by atoms with Gasteiger partial charge in [-0.15, -0.1) is 0 Å². The van der Waals surface area contributed by atoms with E-state index in [9.17, 15) is 19.6 Å². The highest BCUT2D eigenvalue weighted by molar-refractivity contribution is 6.09. The molecule has 2 heterocycles. The summed E-state index contributed by atoms with van der Waals surface area (Å²) in [6, 6.07) is 11.9. The Balaban J connectivity index is 1.64. The highest BCUT2D eigenvalue weighted by Crippen LogP contribution is 2.32. The van der Waals surface area contributed by atoms with Crippen molar-refractivity contribution in [1.29, 1.82) is 5.26 Å². The zero-order chi connectivity index (χ0) is 21.4. The molecule has 0 aliphatic carbocycles. The van der Waals surface area contributed by atoms with Crippen molar-refractivity contribution >= 4 is 40.0 Å².